The Bertz CT molecular complexity index is 1140. The molecular formula is C20H19N3O4S. The number of fused-ring (bicyclic) bond motifs is 1. The van der Waals surface area contributed by atoms with Gasteiger partial charge in [-0.15, -0.1) is 0 Å². The normalized spacial score (nSPS) is 11.2. The lowest BCUT2D eigenvalue weighted by Crippen LogP contribution is -2.37. The molecule has 1 aromatic heterocycles. The zero-order valence-electron chi connectivity index (χ0n) is 15.4. The van der Waals surface area contributed by atoms with Crippen LogP contribution in [-0.4, -0.2) is 37.9 Å². The minimum absolute atomic E-state index is 0.126. The number of nitrogens with one attached hydrogen (secondary N) is 1. The van der Waals surface area contributed by atoms with Crippen molar-refractivity contribution in [2.24, 2.45) is 0 Å². The Labute approximate surface area is 163 Å². The van der Waals surface area contributed by atoms with Crippen molar-refractivity contribution in [1.82, 2.24) is 4.98 Å². The summed E-state index contributed by atoms with van der Waals surface area (Å²) in [6.07, 6.45) is 2.65. The number of nitrogens with zero attached hydrogens (tertiary/aromatic N) is 2. The molecule has 1 amide bonds. The molecule has 0 saturated carbocycles. The monoisotopic (exact) mass is 397 g/mol. The zero-order valence-corrected chi connectivity index (χ0v) is 16.2. The summed E-state index contributed by atoms with van der Waals surface area (Å²) in [5.74, 6) is -0.627. The maximum Gasteiger partial charge on any atom is 0.245 e. The molecule has 3 aromatic rings. The predicted octanol–water partition coefficient (Wildman–Crippen LogP) is 2.84. The first-order valence-corrected chi connectivity index (χ1v) is 10.3. The number of benzene rings is 2. The second-order valence-corrected chi connectivity index (χ2v) is 8.21. The van der Waals surface area contributed by atoms with E-state index < -0.39 is 22.5 Å². The molecule has 8 heteroatoms. The topological polar surface area (TPSA) is 96.4 Å². The third-order valence-corrected chi connectivity index (χ3v) is 5.30. The van der Waals surface area contributed by atoms with E-state index in [-0.39, 0.29) is 5.78 Å². The van der Waals surface area contributed by atoms with Gasteiger partial charge in [0.15, 0.2) is 5.78 Å². The molecule has 0 aliphatic carbocycles. The lowest BCUT2D eigenvalue weighted by molar-refractivity contribution is -0.114. The Morgan fingerprint density at radius 1 is 1.04 bits per heavy atom. The minimum Gasteiger partial charge on any atom is -0.323 e. The number of sulfonamides is 1. The summed E-state index contributed by atoms with van der Waals surface area (Å²) in [4.78, 5) is 28.2. The van der Waals surface area contributed by atoms with E-state index in [1.54, 1.807) is 24.4 Å². The molecule has 0 aliphatic rings. The van der Waals surface area contributed by atoms with Gasteiger partial charge in [0.2, 0.25) is 15.9 Å². The fourth-order valence-electron chi connectivity index (χ4n) is 2.79. The van der Waals surface area contributed by atoms with Crippen molar-refractivity contribution in [1.29, 1.82) is 0 Å². The lowest BCUT2D eigenvalue weighted by Gasteiger charge is -2.22. The van der Waals surface area contributed by atoms with Crippen LogP contribution in [0.5, 0.6) is 0 Å². The number of anilines is 2. The van der Waals surface area contributed by atoms with Crippen LogP contribution in [0, 0.1) is 0 Å². The molecule has 3 rings (SSSR count). The highest BCUT2D eigenvalue weighted by Crippen LogP contribution is 2.22. The van der Waals surface area contributed by atoms with Gasteiger partial charge in [-0.3, -0.25) is 18.9 Å². The number of carbonyl (C=O) groups is 2. The van der Waals surface area contributed by atoms with E-state index in [9.17, 15) is 18.0 Å². The van der Waals surface area contributed by atoms with Gasteiger partial charge in [0.25, 0.3) is 0 Å². The maximum absolute atomic E-state index is 12.6. The molecule has 0 bridgehead atoms. The summed E-state index contributed by atoms with van der Waals surface area (Å²) < 4.78 is 25.4. The maximum atomic E-state index is 12.6. The number of Topliss-reactive ketones (excluding diaryl/α,β-unsaturated/α-hetero) is 1. The molecule has 0 radical (unpaired) electrons. The third-order valence-electron chi connectivity index (χ3n) is 4.16. The molecular weight excluding hydrogens is 378 g/mol. The fraction of sp³-hybridized carbons (Fsp3) is 0.150. The van der Waals surface area contributed by atoms with Crippen molar-refractivity contribution in [3.8, 4) is 0 Å². The van der Waals surface area contributed by atoms with Gasteiger partial charge in [-0.05, 0) is 43.3 Å². The number of hydrogen-bond donors (Lipinski definition) is 1. The van der Waals surface area contributed by atoms with Crippen molar-refractivity contribution < 1.29 is 18.0 Å². The van der Waals surface area contributed by atoms with Crippen LogP contribution in [0.15, 0.2) is 60.8 Å². The molecule has 0 unspecified atom stereocenters. The first-order valence-electron chi connectivity index (χ1n) is 8.48. The quantitative estimate of drug-likeness (QED) is 0.645. The number of ketones is 1. The summed E-state index contributed by atoms with van der Waals surface area (Å²) in [5, 5.41) is 3.59. The SMILES string of the molecule is CC(=O)c1ccc(N(CC(=O)Nc2cccc3cccnc23)S(C)(=O)=O)cc1. The van der Waals surface area contributed by atoms with Gasteiger partial charge in [0.1, 0.15) is 6.54 Å². The van der Waals surface area contributed by atoms with E-state index in [0.717, 1.165) is 15.9 Å². The van der Waals surface area contributed by atoms with Gasteiger partial charge in [0.05, 0.1) is 23.1 Å². The first kappa shape index (κ1) is 19.5. The highest BCUT2D eigenvalue weighted by molar-refractivity contribution is 7.92. The highest BCUT2D eigenvalue weighted by Gasteiger charge is 2.21. The molecule has 28 heavy (non-hydrogen) atoms. The molecule has 1 N–H and O–H groups in total. The van der Waals surface area contributed by atoms with Crippen molar-refractivity contribution in [3.05, 3.63) is 66.4 Å². The van der Waals surface area contributed by atoms with E-state index in [2.05, 4.69) is 10.3 Å². The van der Waals surface area contributed by atoms with Crippen LogP contribution in [0.4, 0.5) is 11.4 Å². The predicted molar refractivity (Wildman–Crippen MR) is 109 cm³/mol. The number of rotatable bonds is 6. The standard InChI is InChI=1S/C20H19N3O4S/c1-14(24)15-8-10-17(11-9-15)23(28(2,26)27)13-19(25)22-18-7-3-5-16-6-4-12-21-20(16)18/h3-12H,13H2,1-2H3,(H,22,25). The molecule has 2 aromatic carbocycles. The Morgan fingerprint density at radius 2 is 1.71 bits per heavy atom. The zero-order chi connectivity index (χ0) is 20.3. The number of aromatic nitrogens is 1. The third kappa shape index (κ3) is 4.34. The van der Waals surface area contributed by atoms with Gasteiger partial charge < -0.3 is 5.32 Å². The Kier molecular flexibility index (Phi) is 5.41. The highest BCUT2D eigenvalue weighted by atomic mass is 32.2. The summed E-state index contributed by atoms with van der Waals surface area (Å²) in [7, 11) is -3.71. The number of para-hydroxylation sites is 1. The second kappa shape index (κ2) is 7.77. The molecule has 144 valence electrons. The number of carbonyl (C=O) groups excluding carboxylic acids is 2. The van der Waals surface area contributed by atoms with Crippen LogP contribution in [0.25, 0.3) is 10.9 Å². The van der Waals surface area contributed by atoms with Crippen LogP contribution < -0.4 is 9.62 Å². The summed E-state index contributed by atoms with van der Waals surface area (Å²) >= 11 is 0. The smallest absolute Gasteiger partial charge is 0.245 e. The average Bonchev–Trinajstić information content (AvgIpc) is 2.66. The van der Waals surface area contributed by atoms with Crippen LogP contribution >= 0.6 is 0 Å². The Hall–Kier alpha value is -3.26. The van der Waals surface area contributed by atoms with E-state index in [4.69, 9.17) is 0 Å². The van der Waals surface area contributed by atoms with Gasteiger partial charge in [-0.1, -0.05) is 18.2 Å². The van der Waals surface area contributed by atoms with Crippen molar-refractivity contribution in [2.75, 3.05) is 22.4 Å². The summed E-state index contributed by atoms with van der Waals surface area (Å²) in [6.45, 7) is 1.02. The largest absolute Gasteiger partial charge is 0.323 e. The van der Waals surface area contributed by atoms with E-state index in [1.165, 1.54) is 31.2 Å². The van der Waals surface area contributed by atoms with Crippen LogP contribution in [-0.2, 0) is 14.8 Å². The van der Waals surface area contributed by atoms with Gasteiger partial charge in [-0.25, -0.2) is 8.42 Å². The Balaban J connectivity index is 1.85. The number of pyridine rings is 1. The van der Waals surface area contributed by atoms with Crippen molar-refractivity contribution in [2.45, 2.75) is 6.92 Å². The molecule has 1 heterocycles. The molecule has 0 fully saturated rings. The number of hydrogen-bond acceptors (Lipinski definition) is 5. The van der Waals surface area contributed by atoms with E-state index >= 15 is 0 Å². The summed E-state index contributed by atoms with van der Waals surface area (Å²) in [5.41, 5.74) is 1.89. The van der Waals surface area contributed by atoms with Crippen LogP contribution in [0.3, 0.4) is 0 Å². The molecule has 0 atom stereocenters. The van der Waals surface area contributed by atoms with Gasteiger partial charge in [-0.2, -0.15) is 0 Å². The van der Waals surface area contributed by atoms with Gasteiger partial charge >= 0.3 is 0 Å². The van der Waals surface area contributed by atoms with E-state index in [0.29, 0.717) is 22.5 Å². The molecule has 0 saturated heterocycles. The van der Waals surface area contributed by atoms with Crippen LogP contribution in [0.1, 0.15) is 17.3 Å². The average molecular weight is 397 g/mol. The van der Waals surface area contributed by atoms with Crippen molar-refractivity contribution in [3.63, 3.8) is 0 Å². The Morgan fingerprint density at radius 3 is 2.36 bits per heavy atom. The first-order chi connectivity index (χ1) is 13.3. The van der Waals surface area contributed by atoms with E-state index in [1.807, 2.05) is 12.1 Å². The fourth-order valence-corrected chi connectivity index (χ4v) is 3.64. The minimum atomic E-state index is -3.71. The number of amides is 1. The summed E-state index contributed by atoms with van der Waals surface area (Å²) in [6, 6.07) is 15.1. The molecule has 0 aliphatic heterocycles. The van der Waals surface area contributed by atoms with Crippen molar-refractivity contribution >= 4 is 44.0 Å². The second-order valence-electron chi connectivity index (χ2n) is 6.30. The molecule has 7 nitrogen and oxygen atoms in total. The van der Waals surface area contributed by atoms with Gasteiger partial charge in [0, 0.05) is 17.1 Å². The lowest BCUT2D eigenvalue weighted by atomic mass is 10.1. The van der Waals surface area contributed by atoms with Crippen LogP contribution in [0.2, 0.25) is 0 Å². The molecule has 0 spiro atoms.